The number of benzene rings is 1. The van der Waals surface area contributed by atoms with E-state index < -0.39 is 0 Å². The van der Waals surface area contributed by atoms with Crippen LogP contribution in [-0.4, -0.2) is 13.1 Å². The Morgan fingerprint density at radius 2 is 1.94 bits per heavy atom. The molecule has 92 valence electrons. The fraction of sp³-hybridized carbons (Fsp3) is 0.467. The van der Waals surface area contributed by atoms with Crippen LogP contribution >= 0.6 is 0 Å². The maximum Gasteiger partial charge on any atom is 0.0791 e. The highest BCUT2D eigenvalue weighted by Crippen LogP contribution is 2.19. The lowest BCUT2D eigenvalue weighted by Gasteiger charge is -2.22. The van der Waals surface area contributed by atoms with Crippen LogP contribution in [0.4, 0.5) is 5.69 Å². The van der Waals surface area contributed by atoms with Gasteiger partial charge >= 0.3 is 0 Å². The van der Waals surface area contributed by atoms with Crippen molar-refractivity contribution in [3.05, 3.63) is 29.8 Å². The summed E-state index contributed by atoms with van der Waals surface area (Å²) in [6.45, 7) is 5.90. The molecule has 0 spiro atoms. The molecule has 1 atom stereocenters. The van der Waals surface area contributed by atoms with Gasteiger partial charge in [-0.1, -0.05) is 31.9 Å². The van der Waals surface area contributed by atoms with Crippen molar-refractivity contribution in [3.8, 4) is 12.3 Å². The van der Waals surface area contributed by atoms with Gasteiger partial charge in [0, 0.05) is 18.3 Å². The average Bonchev–Trinajstić information content (AvgIpc) is 2.38. The summed E-state index contributed by atoms with van der Waals surface area (Å²) >= 11 is 0. The first kappa shape index (κ1) is 13.6. The number of terminal acetylenes is 1. The maximum atomic E-state index is 5.99. The van der Waals surface area contributed by atoms with Gasteiger partial charge in [-0.05, 0) is 30.5 Å². The summed E-state index contributed by atoms with van der Waals surface area (Å²) in [4.78, 5) is 2.21. The van der Waals surface area contributed by atoms with Gasteiger partial charge in [0.1, 0.15) is 0 Å². The van der Waals surface area contributed by atoms with Crippen LogP contribution in [0, 0.1) is 12.3 Å². The Morgan fingerprint density at radius 3 is 2.41 bits per heavy atom. The van der Waals surface area contributed by atoms with Gasteiger partial charge in [0.05, 0.1) is 6.54 Å². The SMILES string of the molecule is C#CCN(CCC)c1ccc(C(N)CC)cc1. The second-order valence-electron chi connectivity index (χ2n) is 4.23. The first-order valence-electron chi connectivity index (χ1n) is 6.26. The molecular formula is C15H22N2. The maximum absolute atomic E-state index is 5.99. The summed E-state index contributed by atoms with van der Waals surface area (Å²) in [5.41, 5.74) is 8.36. The van der Waals surface area contributed by atoms with Gasteiger partial charge in [0.25, 0.3) is 0 Å². The Kier molecular flexibility index (Phi) is 5.59. The molecule has 0 aliphatic heterocycles. The summed E-state index contributed by atoms with van der Waals surface area (Å²) in [6, 6.07) is 8.55. The molecule has 0 saturated carbocycles. The van der Waals surface area contributed by atoms with Crippen molar-refractivity contribution in [1.82, 2.24) is 0 Å². The zero-order valence-electron chi connectivity index (χ0n) is 10.8. The van der Waals surface area contributed by atoms with Crippen molar-refractivity contribution in [1.29, 1.82) is 0 Å². The van der Waals surface area contributed by atoms with E-state index in [0.29, 0.717) is 6.54 Å². The minimum absolute atomic E-state index is 0.135. The summed E-state index contributed by atoms with van der Waals surface area (Å²) in [5.74, 6) is 2.70. The van der Waals surface area contributed by atoms with Crippen LogP contribution in [0.5, 0.6) is 0 Å². The highest BCUT2D eigenvalue weighted by atomic mass is 15.1. The van der Waals surface area contributed by atoms with E-state index in [2.05, 4.69) is 48.9 Å². The molecule has 1 aromatic rings. The molecule has 0 aromatic heterocycles. The third-order valence-electron chi connectivity index (χ3n) is 2.90. The second-order valence-corrected chi connectivity index (χ2v) is 4.23. The number of rotatable bonds is 6. The largest absolute Gasteiger partial charge is 0.360 e. The van der Waals surface area contributed by atoms with Crippen LogP contribution in [-0.2, 0) is 0 Å². The van der Waals surface area contributed by atoms with Gasteiger partial charge in [0.2, 0.25) is 0 Å². The Labute approximate surface area is 105 Å². The van der Waals surface area contributed by atoms with Crippen molar-refractivity contribution in [3.63, 3.8) is 0 Å². The molecule has 2 heteroatoms. The van der Waals surface area contributed by atoms with E-state index in [0.717, 1.165) is 19.4 Å². The lowest BCUT2D eigenvalue weighted by molar-refractivity contribution is 0.698. The molecule has 0 saturated heterocycles. The molecule has 2 nitrogen and oxygen atoms in total. The van der Waals surface area contributed by atoms with E-state index in [1.165, 1.54) is 11.3 Å². The number of nitrogens with zero attached hydrogens (tertiary/aromatic N) is 1. The third-order valence-corrected chi connectivity index (χ3v) is 2.90. The molecule has 0 amide bonds. The Morgan fingerprint density at radius 1 is 1.29 bits per heavy atom. The topological polar surface area (TPSA) is 29.3 Å². The molecule has 1 unspecified atom stereocenters. The molecule has 0 fully saturated rings. The van der Waals surface area contributed by atoms with Gasteiger partial charge in [-0.2, -0.15) is 0 Å². The monoisotopic (exact) mass is 230 g/mol. The standard InChI is InChI=1S/C15H22N2/c1-4-11-17(12-5-2)14-9-7-13(8-10-14)15(16)6-3/h1,7-10,15H,5-6,11-12,16H2,2-3H3. The van der Waals surface area contributed by atoms with Crippen molar-refractivity contribution in [2.24, 2.45) is 5.73 Å². The van der Waals surface area contributed by atoms with Crippen LogP contribution < -0.4 is 10.6 Å². The molecule has 17 heavy (non-hydrogen) atoms. The van der Waals surface area contributed by atoms with Crippen LogP contribution in [0.1, 0.15) is 38.3 Å². The smallest absolute Gasteiger partial charge is 0.0791 e. The highest BCUT2D eigenvalue weighted by Gasteiger charge is 2.06. The third kappa shape index (κ3) is 3.80. The lowest BCUT2D eigenvalue weighted by atomic mass is 10.1. The summed E-state index contributed by atoms with van der Waals surface area (Å²) < 4.78 is 0. The average molecular weight is 230 g/mol. The quantitative estimate of drug-likeness (QED) is 0.761. The minimum Gasteiger partial charge on any atom is -0.360 e. The van der Waals surface area contributed by atoms with Gasteiger partial charge in [-0.25, -0.2) is 0 Å². The molecule has 0 aliphatic rings. The van der Waals surface area contributed by atoms with E-state index in [-0.39, 0.29) is 6.04 Å². The zero-order chi connectivity index (χ0) is 12.7. The molecule has 0 bridgehead atoms. The molecule has 1 aromatic carbocycles. The number of hydrogen-bond acceptors (Lipinski definition) is 2. The summed E-state index contributed by atoms with van der Waals surface area (Å²) in [5, 5.41) is 0. The normalized spacial score (nSPS) is 11.9. The highest BCUT2D eigenvalue weighted by molar-refractivity contribution is 5.49. The fourth-order valence-electron chi connectivity index (χ4n) is 1.85. The second kappa shape index (κ2) is 6.98. The van der Waals surface area contributed by atoms with Gasteiger partial charge in [-0.3, -0.25) is 0 Å². The summed E-state index contributed by atoms with van der Waals surface area (Å²) in [6.07, 6.45) is 7.44. The number of hydrogen-bond donors (Lipinski definition) is 1. The van der Waals surface area contributed by atoms with Gasteiger partial charge in [0.15, 0.2) is 0 Å². The van der Waals surface area contributed by atoms with E-state index in [4.69, 9.17) is 12.2 Å². The first-order valence-corrected chi connectivity index (χ1v) is 6.26. The summed E-state index contributed by atoms with van der Waals surface area (Å²) in [7, 11) is 0. The molecular weight excluding hydrogens is 208 g/mol. The van der Waals surface area contributed by atoms with E-state index in [1.54, 1.807) is 0 Å². The first-order chi connectivity index (χ1) is 8.22. The Hall–Kier alpha value is -1.46. The van der Waals surface area contributed by atoms with Gasteiger partial charge < -0.3 is 10.6 Å². The van der Waals surface area contributed by atoms with Gasteiger partial charge in [-0.15, -0.1) is 6.42 Å². The predicted molar refractivity (Wildman–Crippen MR) is 75.0 cm³/mol. The van der Waals surface area contributed by atoms with Crippen LogP contribution in [0.2, 0.25) is 0 Å². The number of nitrogens with two attached hydrogens (primary N) is 1. The molecule has 0 radical (unpaired) electrons. The zero-order valence-corrected chi connectivity index (χ0v) is 10.8. The van der Waals surface area contributed by atoms with Crippen molar-refractivity contribution in [2.45, 2.75) is 32.7 Å². The Balaban J connectivity index is 2.80. The van der Waals surface area contributed by atoms with E-state index in [9.17, 15) is 0 Å². The van der Waals surface area contributed by atoms with Crippen molar-refractivity contribution in [2.75, 3.05) is 18.0 Å². The molecule has 0 aliphatic carbocycles. The molecule has 2 N–H and O–H groups in total. The van der Waals surface area contributed by atoms with E-state index >= 15 is 0 Å². The molecule has 1 rings (SSSR count). The van der Waals surface area contributed by atoms with Crippen LogP contribution in [0.3, 0.4) is 0 Å². The Bertz CT molecular complexity index is 362. The molecule has 0 heterocycles. The lowest BCUT2D eigenvalue weighted by Crippen LogP contribution is -2.24. The fourth-order valence-corrected chi connectivity index (χ4v) is 1.85. The predicted octanol–water partition coefficient (Wildman–Crippen LogP) is 2.95. The van der Waals surface area contributed by atoms with Crippen molar-refractivity contribution < 1.29 is 0 Å². The number of anilines is 1. The van der Waals surface area contributed by atoms with E-state index in [1.807, 2.05) is 0 Å². The van der Waals surface area contributed by atoms with Crippen LogP contribution in [0.25, 0.3) is 0 Å². The van der Waals surface area contributed by atoms with Crippen LogP contribution in [0.15, 0.2) is 24.3 Å². The van der Waals surface area contributed by atoms with Crippen molar-refractivity contribution >= 4 is 5.69 Å². The minimum atomic E-state index is 0.135.